The van der Waals surface area contributed by atoms with Crippen molar-refractivity contribution in [3.05, 3.63) is 0 Å². The van der Waals surface area contributed by atoms with Gasteiger partial charge >= 0.3 is 0 Å². The van der Waals surface area contributed by atoms with Crippen LogP contribution in [0.15, 0.2) is 0 Å². The molecule has 1 heterocycles. The third-order valence-corrected chi connectivity index (χ3v) is 8.76. The molecule has 130 valence electrons. The highest BCUT2D eigenvalue weighted by Gasteiger charge is 2.54. The highest BCUT2D eigenvalue weighted by molar-refractivity contribution is 7.91. The molecule has 1 unspecified atom stereocenters. The van der Waals surface area contributed by atoms with Crippen LogP contribution >= 0.6 is 0 Å². The monoisotopic (exact) mass is 339 g/mol. The van der Waals surface area contributed by atoms with Crippen LogP contribution < -0.4 is 5.32 Å². The zero-order valence-corrected chi connectivity index (χ0v) is 14.7. The second-order valence-corrected chi connectivity index (χ2v) is 11.1. The Morgan fingerprint density at radius 3 is 2.17 bits per heavy atom. The standard InChI is InChI=1S/C18H29NO3S/c20-17(19-4-1-2-13-3-5-23(21,22)12-13)18-9-14-6-15(10-18)8-16(7-14)11-18/h13-16H,1-12H2,(H,19,20). The Labute approximate surface area is 139 Å². The fourth-order valence-corrected chi connectivity index (χ4v) is 8.18. The minimum atomic E-state index is -2.77. The van der Waals surface area contributed by atoms with Crippen LogP contribution in [0.5, 0.6) is 0 Å². The van der Waals surface area contributed by atoms with E-state index >= 15 is 0 Å². The molecule has 4 nitrogen and oxygen atoms in total. The zero-order valence-electron chi connectivity index (χ0n) is 13.9. The Balaban J connectivity index is 1.25. The Kier molecular flexibility index (Phi) is 3.98. The van der Waals surface area contributed by atoms with Crippen LogP contribution in [0.3, 0.4) is 0 Å². The lowest BCUT2D eigenvalue weighted by Gasteiger charge is -2.55. The highest BCUT2D eigenvalue weighted by atomic mass is 32.2. The average Bonchev–Trinajstić information content (AvgIpc) is 2.81. The first-order chi connectivity index (χ1) is 10.9. The predicted octanol–water partition coefficient (Wildman–Crippen LogP) is 2.53. The summed E-state index contributed by atoms with van der Waals surface area (Å²) in [5.74, 6) is 3.74. The van der Waals surface area contributed by atoms with E-state index in [0.717, 1.165) is 62.8 Å². The highest BCUT2D eigenvalue weighted by Crippen LogP contribution is 2.60. The lowest BCUT2D eigenvalue weighted by Crippen LogP contribution is -2.53. The van der Waals surface area contributed by atoms with E-state index in [9.17, 15) is 13.2 Å². The molecule has 0 aromatic rings. The summed E-state index contributed by atoms with van der Waals surface area (Å²) in [5, 5.41) is 3.20. The molecule has 0 aromatic carbocycles. The van der Waals surface area contributed by atoms with Gasteiger partial charge < -0.3 is 5.32 Å². The van der Waals surface area contributed by atoms with Gasteiger partial charge in [-0.05, 0) is 81.5 Å². The van der Waals surface area contributed by atoms with Crippen molar-refractivity contribution in [1.82, 2.24) is 5.32 Å². The molecular weight excluding hydrogens is 310 g/mol. The van der Waals surface area contributed by atoms with E-state index < -0.39 is 9.84 Å². The normalized spacial score (nSPS) is 43.7. The number of carbonyl (C=O) groups excluding carboxylic acids is 1. The topological polar surface area (TPSA) is 63.2 Å². The maximum atomic E-state index is 12.8. The van der Waals surface area contributed by atoms with Gasteiger partial charge in [0.1, 0.15) is 0 Å². The molecular formula is C18H29NO3S. The Morgan fingerprint density at radius 1 is 1.04 bits per heavy atom. The quantitative estimate of drug-likeness (QED) is 0.783. The summed E-state index contributed by atoms with van der Waals surface area (Å²) in [6, 6.07) is 0. The van der Waals surface area contributed by atoms with E-state index in [0.29, 0.717) is 23.3 Å². The smallest absolute Gasteiger partial charge is 0.226 e. The van der Waals surface area contributed by atoms with Crippen molar-refractivity contribution in [3.8, 4) is 0 Å². The van der Waals surface area contributed by atoms with E-state index in [1.54, 1.807) is 0 Å². The molecule has 1 aliphatic heterocycles. The average molecular weight is 340 g/mol. The van der Waals surface area contributed by atoms with E-state index in [2.05, 4.69) is 5.32 Å². The fourth-order valence-electron chi connectivity index (χ4n) is 6.27. The zero-order chi connectivity index (χ0) is 16.1. The molecule has 4 saturated carbocycles. The predicted molar refractivity (Wildman–Crippen MR) is 89.6 cm³/mol. The lowest BCUT2D eigenvalue weighted by atomic mass is 9.49. The molecule has 1 saturated heterocycles. The molecule has 4 aliphatic carbocycles. The minimum absolute atomic E-state index is 0.0502. The fraction of sp³-hybridized carbons (Fsp3) is 0.944. The van der Waals surface area contributed by atoms with E-state index in [-0.39, 0.29) is 5.41 Å². The number of nitrogens with one attached hydrogen (secondary N) is 1. The van der Waals surface area contributed by atoms with Crippen molar-refractivity contribution in [3.63, 3.8) is 0 Å². The van der Waals surface area contributed by atoms with Gasteiger partial charge in [0.2, 0.25) is 5.91 Å². The first kappa shape index (κ1) is 15.9. The molecule has 5 rings (SSSR count). The van der Waals surface area contributed by atoms with Crippen LogP contribution in [0.2, 0.25) is 0 Å². The summed E-state index contributed by atoms with van der Waals surface area (Å²) in [5.41, 5.74) is -0.0502. The summed E-state index contributed by atoms with van der Waals surface area (Å²) in [6.07, 6.45) is 10.1. The van der Waals surface area contributed by atoms with Gasteiger partial charge in [0.05, 0.1) is 11.5 Å². The maximum absolute atomic E-state index is 12.8. The summed E-state index contributed by atoms with van der Waals surface area (Å²) in [4.78, 5) is 12.8. The second kappa shape index (κ2) is 5.75. The van der Waals surface area contributed by atoms with Crippen LogP contribution in [-0.2, 0) is 14.6 Å². The summed E-state index contributed by atoms with van der Waals surface area (Å²) in [7, 11) is -2.77. The van der Waals surface area contributed by atoms with Gasteiger partial charge in [-0.3, -0.25) is 4.79 Å². The van der Waals surface area contributed by atoms with Gasteiger partial charge in [-0.1, -0.05) is 0 Å². The molecule has 5 heteroatoms. The first-order valence-electron chi connectivity index (χ1n) is 9.43. The van der Waals surface area contributed by atoms with Gasteiger partial charge in [-0.15, -0.1) is 0 Å². The third kappa shape index (κ3) is 3.18. The number of sulfone groups is 1. The van der Waals surface area contributed by atoms with Crippen molar-refractivity contribution >= 4 is 15.7 Å². The van der Waals surface area contributed by atoms with Gasteiger partial charge in [-0.25, -0.2) is 8.42 Å². The van der Waals surface area contributed by atoms with Crippen LogP contribution in [0.25, 0.3) is 0 Å². The molecule has 0 radical (unpaired) electrons. The van der Waals surface area contributed by atoms with Gasteiger partial charge in [0.15, 0.2) is 9.84 Å². The molecule has 1 N–H and O–H groups in total. The van der Waals surface area contributed by atoms with Crippen LogP contribution in [0.1, 0.15) is 57.8 Å². The van der Waals surface area contributed by atoms with Gasteiger partial charge in [0, 0.05) is 12.0 Å². The second-order valence-electron chi connectivity index (χ2n) is 8.87. The summed E-state index contributed by atoms with van der Waals surface area (Å²) in [6.45, 7) is 0.719. The molecule has 5 fully saturated rings. The molecule has 23 heavy (non-hydrogen) atoms. The van der Waals surface area contributed by atoms with Crippen LogP contribution in [-0.4, -0.2) is 32.4 Å². The van der Waals surface area contributed by atoms with Gasteiger partial charge in [0.25, 0.3) is 0 Å². The molecule has 1 amide bonds. The van der Waals surface area contributed by atoms with Crippen molar-refractivity contribution in [2.24, 2.45) is 29.1 Å². The van der Waals surface area contributed by atoms with Crippen LogP contribution in [0, 0.1) is 29.1 Å². The molecule has 0 aromatic heterocycles. The van der Waals surface area contributed by atoms with E-state index in [1.807, 2.05) is 0 Å². The molecule has 5 aliphatic rings. The number of carbonyl (C=O) groups is 1. The van der Waals surface area contributed by atoms with Crippen molar-refractivity contribution < 1.29 is 13.2 Å². The largest absolute Gasteiger partial charge is 0.356 e. The number of rotatable bonds is 5. The minimum Gasteiger partial charge on any atom is -0.356 e. The number of hydrogen-bond acceptors (Lipinski definition) is 3. The van der Waals surface area contributed by atoms with Crippen molar-refractivity contribution in [2.75, 3.05) is 18.1 Å². The van der Waals surface area contributed by atoms with Crippen molar-refractivity contribution in [2.45, 2.75) is 57.8 Å². The summed E-state index contributed by atoms with van der Waals surface area (Å²) >= 11 is 0. The Hall–Kier alpha value is -0.580. The lowest BCUT2D eigenvalue weighted by molar-refractivity contribution is -0.146. The SMILES string of the molecule is O=C(NCCCC1CCS(=O)(=O)C1)C12CC3CC(CC(C3)C1)C2. The Bertz CT molecular complexity index is 548. The molecule has 1 atom stereocenters. The third-order valence-electron chi connectivity index (χ3n) is 6.92. The first-order valence-corrected chi connectivity index (χ1v) is 11.2. The van der Waals surface area contributed by atoms with E-state index in [4.69, 9.17) is 0 Å². The van der Waals surface area contributed by atoms with Crippen LogP contribution in [0.4, 0.5) is 0 Å². The molecule has 4 bridgehead atoms. The molecule has 0 spiro atoms. The number of hydrogen-bond donors (Lipinski definition) is 1. The maximum Gasteiger partial charge on any atom is 0.226 e. The number of amides is 1. The van der Waals surface area contributed by atoms with Gasteiger partial charge in [-0.2, -0.15) is 0 Å². The Morgan fingerprint density at radius 2 is 1.65 bits per heavy atom. The van der Waals surface area contributed by atoms with E-state index in [1.165, 1.54) is 19.3 Å². The summed E-state index contributed by atoms with van der Waals surface area (Å²) < 4.78 is 22.9. The van der Waals surface area contributed by atoms with Crippen molar-refractivity contribution in [1.29, 1.82) is 0 Å².